The van der Waals surface area contributed by atoms with Gasteiger partial charge in [-0.3, -0.25) is 4.79 Å². The molecule has 0 aliphatic heterocycles. The summed E-state index contributed by atoms with van der Waals surface area (Å²) in [5.74, 6) is -0.663. The molecule has 2 N–H and O–H groups in total. The van der Waals surface area contributed by atoms with E-state index in [0.29, 0.717) is 6.42 Å². The van der Waals surface area contributed by atoms with Gasteiger partial charge in [-0.2, -0.15) is 0 Å². The summed E-state index contributed by atoms with van der Waals surface area (Å²) in [5.41, 5.74) is 0.738. The van der Waals surface area contributed by atoms with Crippen LogP contribution in [0.15, 0.2) is 12.2 Å². The summed E-state index contributed by atoms with van der Waals surface area (Å²) in [6, 6.07) is 0. The Kier molecular flexibility index (Phi) is 5.39. The van der Waals surface area contributed by atoms with E-state index in [1.807, 2.05) is 6.92 Å². The molecule has 0 fully saturated rings. The van der Waals surface area contributed by atoms with E-state index in [2.05, 4.69) is 6.58 Å². The van der Waals surface area contributed by atoms with Gasteiger partial charge < -0.3 is 10.2 Å². The van der Waals surface area contributed by atoms with Crippen molar-refractivity contribution in [2.24, 2.45) is 5.92 Å². The maximum atomic E-state index is 10.3. The monoisotopic (exact) mass is 186 g/mol. The standard InChI is InChI=1S/C10H18O3/c1-7(2)9(11)5-4-8(3)6-10(12)13/h8-9,11H,1,4-6H2,2-3H3,(H,12,13). The second-order valence-corrected chi connectivity index (χ2v) is 3.64. The van der Waals surface area contributed by atoms with Crippen LogP contribution in [0.5, 0.6) is 0 Å². The molecule has 2 atom stereocenters. The molecule has 0 amide bonds. The second-order valence-electron chi connectivity index (χ2n) is 3.64. The summed E-state index contributed by atoms with van der Waals surface area (Å²) in [6.07, 6.45) is 1.00. The molecule has 0 aromatic heterocycles. The molecule has 76 valence electrons. The summed E-state index contributed by atoms with van der Waals surface area (Å²) >= 11 is 0. The summed E-state index contributed by atoms with van der Waals surface area (Å²) in [6.45, 7) is 7.27. The highest BCUT2D eigenvalue weighted by molar-refractivity contribution is 5.66. The first kappa shape index (κ1) is 12.2. The Morgan fingerprint density at radius 1 is 1.46 bits per heavy atom. The van der Waals surface area contributed by atoms with Crippen molar-refractivity contribution in [1.82, 2.24) is 0 Å². The Labute approximate surface area is 79.1 Å². The molecular weight excluding hydrogens is 168 g/mol. The lowest BCUT2D eigenvalue weighted by Crippen LogP contribution is -2.11. The van der Waals surface area contributed by atoms with Crippen molar-refractivity contribution in [1.29, 1.82) is 0 Å². The molecule has 0 heterocycles. The van der Waals surface area contributed by atoms with Gasteiger partial charge in [0, 0.05) is 6.42 Å². The van der Waals surface area contributed by atoms with E-state index >= 15 is 0 Å². The van der Waals surface area contributed by atoms with Crippen LogP contribution in [-0.2, 0) is 4.79 Å². The summed E-state index contributed by atoms with van der Waals surface area (Å²) in [4.78, 5) is 10.3. The molecule has 13 heavy (non-hydrogen) atoms. The van der Waals surface area contributed by atoms with E-state index in [-0.39, 0.29) is 12.3 Å². The lowest BCUT2D eigenvalue weighted by atomic mass is 9.98. The first-order valence-electron chi connectivity index (χ1n) is 4.48. The minimum Gasteiger partial charge on any atom is -0.481 e. The number of aliphatic carboxylic acids is 1. The zero-order valence-corrected chi connectivity index (χ0v) is 8.29. The van der Waals surface area contributed by atoms with Crippen molar-refractivity contribution in [3.63, 3.8) is 0 Å². The van der Waals surface area contributed by atoms with Gasteiger partial charge in [-0.15, -0.1) is 0 Å². The first-order chi connectivity index (χ1) is 5.93. The van der Waals surface area contributed by atoms with E-state index in [4.69, 9.17) is 5.11 Å². The van der Waals surface area contributed by atoms with Crippen LogP contribution in [0.3, 0.4) is 0 Å². The smallest absolute Gasteiger partial charge is 0.303 e. The first-order valence-corrected chi connectivity index (χ1v) is 4.48. The number of hydrogen-bond donors (Lipinski definition) is 2. The van der Waals surface area contributed by atoms with Crippen LogP contribution in [0.1, 0.15) is 33.1 Å². The Balaban J connectivity index is 3.63. The molecule has 0 aromatic carbocycles. The number of aliphatic hydroxyl groups is 1. The molecule has 0 radical (unpaired) electrons. The third kappa shape index (κ3) is 6.34. The Morgan fingerprint density at radius 2 is 2.00 bits per heavy atom. The minimum absolute atomic E-state index is 0.117. The van der Waals surface area contributed by atoms with Crippen LogP contribution in [0.25, 0.3) is 0 Å². The highest BCUT2D eigenvalue weighted by atomic mass is 16.4. The molecule has 0 aliphatic carbocycles. The third-order valence-electron chi connectivity index (χ3n) is 2.02. The molecule has 3 nitrogen and oxygen atoms in total. The van der Waals surface area contributed by atoms with Gasteiger partial charge in [0.2, 0.25) is 0 Å². The normalized spacial score (nSPS) is 15.0. The van der Waals surface area contributed by atoms with Gasteiger partial charge in [-0.05, 0) is 25.7 Å². The lowest BCUT2D eigenvalue weighted by molar-refractivity contribution is -0.138. The number of carbonyl (C=O) groups is 1. The largest absolute Gasteiger partial charge is 0.481 e. The minimum atomic E-state index is -0.780. The van der Waals surface area contributed by atoms with Gasteiger partial charge in [0.15, 0.2) is 0 Å². The summed E-state index contributed by atoms with van der Waals surface area (Å²) in [5, 5.41) is 17.8. The topological polar surface area (TPSA) is 57.5 Å². The fourth-order valence-electron chi connectivity index (χ4n) is 1.09. The quantitative estimate of drug-likeness (QED) is 0.622. The molecule has 3 heteroatoms. The van der Waals surface area contributed by atoms with Crippen molar-refractivity contribution >= 4 is 5.97 Å². The SMILES string of the molecule is C=C(C)C(O)CCC(C)CC(=O)O. The van der Waals surface area contributed by atoms with Crippen LogP contribution < -0.4 is 0 Å². The average Bonchev–Trinajstić information content (AvgIpc) is 1.98. The number of aliphatic hydroxyl groups excluding tert-OH is 1. The molecule has 0 rings (SSSR count). The fourth-order valence-corrected chi connectivity index (χ4v) is 1.09. The highest BCUT2D eigenvalue weighted by Crippen LogP contribution is 2.14. The van der Waals surface area contributed by atoms with E-state index < -0.39 is 12.1 Å². The van der Waals surface area contributed by atoms with Gasteiger partial charge in [0.25, 0.3) is 0 Å². The Bertz CT molecular complexity index is 187. The summed E-state index contributed by atoms with van der Waals surface area (Å²) < 4.78 is 0. The van der Waals surface area contributed by atoms with Crippen molar-refractivity contribution in [3.8, 4) is 0 Å². The molecule has 2 unspecified atom stereocenters. The van der Waals surface area contributed by atoms with Crippen LogP contribution in [0.2, 0.25) is 0 Å². The number of carboxylic acids is 1. The lowest BCUT2D eigenvalue weighted by Gasteiger charge is -2.12. The van der Waals surface area contributed by atoms with Gasteiger partial charge >= 0.3 is 5.97 Å². The van der Waals surface area contributed by atoms with Crippen molar-refractivity contribution in [2.75, 3.05) is 0 Å². The number of carboxylic acid groups (broad SMARTS) is 1. The van der Waals surface area contributed by atoms with Crippen LogP contribution in [0, 0.1) is 5.92 Å². The van der Waals surface area contributed by atoms with E-state index in [0.717, 1.165) is 12.0 Å². The van der Waals surface area contributed by atoms with E-state index in [9.17, 15) is 9.90 Å². The van der Waals surface area contributed by atoms with Gasteiger partial charge in [-0.25, -0.2) is 0 Å². The molecule has 0 spiro atoms. The van der Waals surface area contributed by atoms with Crippen molar-refractivity contribution in [3.05, 3.63) is 12.2 Å². The van der Waals surface area contributed by atoms with Crippen LogP contribution in [0.4, 0.5) is 0 Å². The molecule has 0 saturated heterocycles. The van der Waals surface area contributed by atoms with Gasteiger partial charge in [0.05, 0.1) is 6.10 Å². The predicted molar refractivity (Wildman–Crippen MR) is 51.5 cm³/mol. The number of rotatable bonds is 6. The van der Waals surface area contributed by atoms with Gasteiger partial charge in [0.1, 0.15) is 0 Å². The van der Waals surface area contributed by atoms with Crippen molar-refractivity contribution < 1.29 is 15.0 Å². The zero-order chi connectivity index (χ0) is 10.4. The average molecular weight is 186 g/mol. The van der Waals surface area contributed by atoms with Crippen LogP contribution >= 0.6 is 0 Å². The molecule has 0 aromatic rings. The highest BCUT2D eigenvalue weighted by Gasteiger charge is 2.10. The molecule has 0 bridgehead atoms. The van der Waals surface area contributed by atoms with Crippen molar-refractivity contribution in [2.45, 2.75) is 39.2 Å². The maximum Gasteiger partial charge on any atom is 0.303 e. The molecular formula is C10H18O3. The maximum absolute atomic E-state index is 10.3. The third-order valence-corrected chi connectivity index (χ3v) is 2.02. The molecule has 0 aliphatic rings. The second kappa shape index (κ2) is 5.75. The zero-order valence-electron chi connectivity index (χ0n) is 8.29. The molecule has 0 saturated carbocycles. The van der Waals surface area contributed by atoms with Crippen LogP contribution in [-0.4, -0.2) is 22.3 Å². The number of hydrogen-bond acceptors (Lipinski definition) is 2. The Morgan fingerprint density at radius 3 is 2.38 bits per heavy atom. The predicted octanol–water partition coefficient (Wildman–Crippen LogP) is 1.81. The van der Waals surface area contributed by atoms with E-state index in [1.54, 1.807) is 6.92 Å². The Hall–Kier alpha value is -0.830. The summed E-state index contributed by atoms with van der Waals surface area (Å²) in [7, 11) is 0. The fraction of sp³-hybridized carbons (Fsp3) is 0.700. The van der Waals surface area contributed by atoms with Gasteiger partial charge in [-0.1, -0.05) is 19.1 Å². The van der Waals surface area contributed by atoms with E-state index in [1.165, 1.54) is 0 Å².